The summed E-state index contributed by atoms with van der Waals surface area (Å²) in [6.07, 6.45) is 10.6. The van der Waals surface area contributed by atoms with Gasteiger partial charge in [-0.25, -0.2) is 0 Å². The number of ether oxygens (including phenoxy) is 1. The van der Waals surface area contributed by atoms with Crippen LogP contribution in [0, 0.1) is 0 Å². The first-order valence-electron chi connectivity index (χ1n) is 12.2. The molecule has 3 N–H and O–H groups in total. The third kappa shape index (κ3) is 8.36. The van der Waals surface area contributed by atoms with Crippen molar-refractivity contribution in [3.8, 4) is 5.75 Å². The van der Waals surface area contributed by atoms with Gasteiger partial charge in [-0.3, -0.25) is 0 Å². The summed E-state index contributed by atoms with van der Waals surface area (Å²) in [5, 5.41) is 10.9. The van der Waals surface area contributed by atoms with Crippen molar-refractivity contribution in [2.24, 2.45) is 0 Å². The number of thioether (sulfide) groups is 1. The summed E-state index contributed by atoms with van der Waals surface area (Å²) in [6.45, 7) is 24.5. The van der Waals surface area contributed by atoms with Crippen LogP contribution in [0.3, 0.4) is 0 Å². The normalized spacial score (nSPS) is 12.0. The van der Waals surface area contributed by atoms with Crippen LogP contribution in [0.5, 0.6) is 5.75 Å². The van der Waals surface area contributed by atoms with Gasteiger partial charge in [0.05, 0.1) is 12.1 Å². The highest BCUT2D eigenvalue weighted by Gasteiger charge is 2.10. The Bertz CT molecular complexity index is 1250. The van der Waals surface area contributed by atoms with Crippen LogP contribution in [0.25, 0.3) is 17.7 Å². The lowest BCUT2D eigenvalue weighted by Crippen LogP contribution is -2.07. The summed E-state index contributed by atoms with van der Waals surface area (Å²) in [6, 6.07) is 12.3. The van der Waals surface area contributed by atoms with Crippen molar-refractivity contribution in [1.29, 1.82) is 0 Å². The summed E-state index contributed by atoms with van der Waals surface area (Å²) >= 11 is 1.51. The molecule has 0 aliphatic carbocycles. The zero-order valence-electron chi connectivity index (χ0n) is 22.7. The van der Waals surface area contributed by atoms with Crippen molar-refractivity contribution in [2.75, 3.05) is 17.7 Å². The molecule has 4 nitrogen and oxygen atoms in total. The Hall–Kier alpha value is -3.83. The molecular weight excluding hydrogens is 474 g/mol. The van der Waals surface area contributed by atoms with Crippen LogP contribution in [-0.2, 0) is 0 Å². The smallest absolute Gasteiger partial charge is 0.128 e. The third-order valence-corrected chi connectivity index (χ3v) is 6.76. The van der Waals surface area contributed by atoms with E-state index in [4.69, 9.17) is 4.74 Å². The minimum atomic E-state index is 0.724. The van der Waals surface area contributed by atoms with Gasteiger partial charge in [0.15, 0.2) is 0 Å². The summed E-state index contributed by atoms with van der Waals surface area (Å²) < 4.78 is 5.53. The van der Waals surface area contributed by atoms with Crippen molar-refractivity contribution < 1.29 is 4.74 Å². The van der Waals surface area contributed by atoms with Gasteiger partial charge in [-0.1, -0.05) is 81.4 Å². The molecule has 0 aromatic heterocycles. The minimum Gasteiger partial charge on any atom is -0.496 e. The Kier molecular flexibility index (Phi) is 11.7. The van der Waals surface area contributed by atoms with Gasteiger partial charge in [0.1, 0.15) is 5.75 Å². The molecule has 5 heteroatoms. The van der Waals surface area contributed by atoms with E-state index < -0.39 is 0 Å². The molecule has 2 rings (SSSR count). The second kappa shape index (κ2) is 14.7. The van der Waals surface area contributed by atoms with E-state index in [9.17, 15) is 0 Å². The molecule has 0 aliphatic heterocycles. The molecule has 0 radical (unpaired) electrons. The number of methoxy groups -OCH3 is 1. The maximum Gasteiger partial charge on any atom is 0.128 e. The highest BCUT2D eigenvalue weighted by molar-refractivity contribution is 8.07. The predicted octanol–water partition coefficient (Wildman–Crippen LogP) is 9.39. The second-order valence-corrected chi connectivity index (χ2v) is 9.35. The fraction of sp³-hybridized carbons (Fsp3) is 0.188. The SMILES string of the molecule is C=Cc1cc(NC(=C)S/C(=C\C)C(=C)N/C=C(\C)c2cccc(NC(=CC)CC)c2)cc(OC)c1C=C. The fourth-order valence-electron chi connectivity index (χ4n) is 3.63. The molecule has 0 atom stereocenters. The van der Waals surface area contributed by atoms with E-state index >= 15 is 0 Å². The molecule has 0 saturated heterocycles. The summed E-state index contributed by atoms with van der Waals surface area (Å²) in [7, 11) is 1.64. The monoisotopic (exact) mass is 513 g/mol. The molecule has 0 aliphatic rings. The molecule has 0 bridgehead atoms. The number of hydrogen-bond donors (Lipinski definition) is 3. The van der Waals surface area contributed by atoms with E-state index in [0.29, 0.717) is 0 Å². The van der Waals surface area contributed by atoms with E-state index in [1.54, 1.807) is 19.3 Å². The van der Waals surface area contributed by atoms with Crippen LogP contribution in [0.1, 0.15) is 50.8 Å². The molecule has 2 aromatic carbocycles. The Morgan fingerprint density at radius 3 is 2.35 bits per heavy atom. The molecule has 194 valence electrons. The average Bonchev–Trinajstić information content (AvgIpc) is 2.92. The van der Waals surface area contributed by atoms with Crippen LogP contribution in [0.4, 0.5) is 11.4 Å². The minimum absolute atomic E-state index is 0.724. The van der Waals surface area contributed by atoms with E-state index in [1.165, 1.54) is 17.5 Å². The first kappa shape index (κ1) is 29.4. The van der Waals surface area contributed by atoms with Gasteiger partial charge in [-0.05, 0) is 62.1 Å². The molecule has 0 fully saturated rings. The van der Waals surface area contributed by atoms with Gasteiger partial charge in [-0.15, -0.1) is 0 Å². The molecular formula is C32H39N3OS. The average molecular weight is 514 g/mol. The zero-order chi connectivity index (χ0) is 27.4. The summed E-state index contributed by atoms with van der Waals surface area (Å²) in [4.78, 5) is 0.969. The maximum absolute atomic E-state index is 5.53. The Morgan fingerprint density at radius 1 is 1.00 bits per heavy atom. The van der Waals surface area contributed by atoms with Gasteiger partial charge >= 0.3 is 0 Å². The van der Waals surface area contributed by atoms with Crippen LogP contribution >= 0.6 is 11.8 Å². The van der Waals surface area contributed by atoms with Crippen LogP contribution in [-0.4, -0.2) is 7.11 Å². The van der Waals surface area contributed by atoms with E-state index in [-0.39, 0.29) is 0 Å². The number of anilines is 2. The molecule has 0 unspecified atom stereocenters. The zero-order valence-corrected chi connectivity index (χ0v) is 23.5. The van der Waals surface area contributed by atoms with E-state index in [2.05, 4.69) is 86.5 Å². The summed E-state index contributed by atoms with van der Waals surface area (Å²) in [5.74, 6) is 0.724. The molecule has 0 amide bonds. The molecule has 0 heterocycles. The Balaban J connectivity index is 2.08. The Morgan fingerprint density at radius 2 is 1.76 bits per heavy atom. The van der Waals surface area contributed by atoms with Gasteiger partial charge < -0.3 is 20.7 Å². The van der Waals surface area contributed by atoms with Crippen LogP contribution < -0.4 is 20.7 Å². The van der Waals surface area contributed by atoms with Crippen molar-refractivity contribution in [3.63, 3.8) is 0 Å². The van der Waals surface area contributed by atoms with Crippen LogP contribution in [0.15, 0.2) is 102 Å². The lowest BCUT2D eigenvalue weighted by Gasteiger charge is -2.16. The van der Waals surface area contributed by atoms with E-state index in [0.717, 1.165) is 61.4 Å². The topological polar surface area (TPSA) is 45.3 Å². The summed E-state index contributed by atoms with van der Waals surface area (Å²) in [5.41, 5.74) is 8.00. The number of rotatable bonds is 14. The predicted molar refractivity (Wildman–Crippen MR) is 167 cm³/mol. The van der Waals surface area contributed by atoms with Crippen molar-refractivity contribution in [1.82, 2.24) is 5.32 Å². The molecule has 37 heavy (non-hydrogen) atoms. The van der Waals surface area contributed by atoms with Gasteiger partial charge in [0, 0.05) is 45.5 Å². The molecule has 0 spiro atoms. The van der Waals surface area contributed by atoms with Crippen molar-refractivity contribution in [3.05, 3.63) is 119 Å². The number of nitrogens with one attached hydrogen (secondary N) is 3. The standard InChI is InChI=1S/C32H39N3OS/c1-10-25-18-29(20-31(36-9)30(25)13-4)34-24(8)37-32(14-5)23(7)33-21-22(6)26-16-15-17-28(19-26)35-27(11-2)12-3/h10-11,13-21,33-35H,1,4,7-8,12H2,2-3,5-6,9H3/b22-21+,27-11?,32-14-. The third-order valence-electron chi connectivity index (χ3n) is 5.71. The van der Waals surface area contributed by atoms with E-state index in [1.807, 2.05) is 38.3 Å². The largest absolute Gasteiger partial charge is 0.496 e. The maximum atomic E-state index is 5.53. The number of allylic oxidation sites excluding steroid dienone is 4. The molecule has 0 saturated carbocycles. The molecule has 2 aromatic rings. The van der Waals surface area contributed by atoms with Crippen molar-refractivity contribution >= 4 is 40.9 Å². The number of hydrogen-bond acceptors (Lipinski definition) is 5. The first-order valence-corrected chi connectivity index (χ1v) is 13.0. The first-order chi connectivity index (χ1) is 17.8. The fourth-order valence-corrected chi connectivity index (χ4v) is 4.37. The Labute approximate surface area is 227 Å². The van der Waals surface area contributed by atoms with Crippen LogP contribution in [0.2, 0.25) is 0 Å². The van der Waals surface area contributed by atoms with Gasteiger partial charge in [0.2, 0.25) is 0 Å². The lowest BCUT2D eigenvalue weighted by molar-refractivity contribution is 0.414. The highest BCUT2D eigenvalue weighted by Crippen LogP contribution is 2.33. The lowest BCUT2D eigenvalue weighted by atomic mass is 10.1. The van der Waals surface area contributed by atoms with Gasteiger partial charge in [-0.2, -0.15) is 0 Å². The van der Waals surface area contributed by atoms with Gasteiger partial charge in [0.25, 0.3) is 0 Å². The second-order valence-electron chi connectivity index (χ2n) is 8.22. The highest BCUT2D eigenvalue weighted by atomic mass is 32.2. The number of benzene rings is 2. The quantitative estimate of drug-likeness (QED) is 0.220. The van der Waals surface area contributed by atoms with Crippen molar-refractivity contribution in [2.45, 2.75) is 34.1 Å².